The fraction of sp³-hybridized carbons (Fsp3) is 0.0769. The number of nitrogens with zero attached hydrogens (tertiary/aromatic N) is 3. The van der Waals surface area contributed by atoms with E-state index >= 15 is 0 Å². The van der Waals surface area contributed by atoms with E-state index in [4.69, 9.17) is 0 Å². The van der Waals surface area contributed by atoms with Crippen molar-refractivity contribution in [2.45, 2.75) is 13.8 Å². The van der Waals surface area contributed by atoms with Crippen LogP contribution in [0, 0.1) is 13.8 Å². The number of nitrogens with one attached hydrogen (secondary N) is 2. The summed E-state index contributed by atoms with van der Waals surface area (Å²) in [5.41, 5.74) is 5.15. The van der Waals surface area contributed by atoms with Gasteiger partial charge in [0.25, 0.3) is 11.9 Å². The zero-order valence-electron chi connectivity index (χ0n) is 17.9. The molecule has 0 bridgehead atoms. The van der Waals surface area contributed by atoms with Gasteiger partial charge in [0, 0.05) is 22.6 Å². The first kappa shape index (κ1) is 20.9. The van der Waals surface area contributed by atoms with Crippen LogP contribution in [-0.4, -0.2) is 21.8 Å². The average Bonchev–Trinajstić information content (AvgIpc) is 2.80. The van der Waals surface area contributed by atoms with Crippen LogP contribution < -0.4 is 10.6 Å². The van der Waals surface area contributed by atoms with Crippen LogP contribution in [0.15, 0.2) is 96.0 Å². The van der Waals surface area contributed by atoms with Gasteiger partial charge in [-0.1, -0.05) is 60.7 Å². The zero-order chi connectivity index (χ0) is 22.3. The van der Waals surface area contributed by atoms with E-state index in [1.807, 2.05) is 80.6 Å². The molecule has 0 fully saturated rings. The number of hydrogen-bond acceptors (Lipinski definition) is 4. The number of guanidine groups is 1. The summed E-state index contributed by atoms with van der Waals surface area (Å²) in [7, 11) is 0. The summed E-state index contributed by atoms with van der Waals surface area (Å²) < 4.78 is 0. The van der Waals surface area contributed by atoms with Gasteiger partial charge in [-0.2, -0.15) is 4.99 Å². The second kappa shape index (κ2) is 9.66. The van der Waals surface area contributed by atoms with Gasteiger partial charge in [0.15, 0.2) is 0 Å². The van der Waals surface area contributed by atoms with Crippen molar-refractivity contribution in [1.29, 1.82) is 0 Å². The summed E-state index contributed by atoms with van der Waals surface area (Å²) in [6.07, 6.45) is 0. The maximum absolute atomic E-state index is 12.7. The highest BCUT2D eigenvalue weighted by Gasteiger charge is 2.11. The number of anilines is 1. The molecule has 0 saturated carbocycles. The molecule has 0 aliphatic rings. The molecular formula is C26H23N5O. The number of aliphatic imine (C=N–C) groups is 1. The van der Waals surface area contributed by atoms with E-state index in [1.165, 1.54) is 0 Å². The van der Waals surface area contributed by atoms with Gasteiger partial charge >= 0.3 is 0 Å². The van der Waals surface area contributed by atoms with Gasteiger partial charge in [-0.25, -0.2) is 9.97 Å². The minimum absolute atomic E-state index is 0.247. The van der Waals surface area contributed by atoms with Crippen molar-refractivity contribution in [2.75, 3.05) is 5.32 Å². The number of hydrogen-bond donors (Lipinski definition) is 2. The Hall–Kier alpha value is -4.32. The molecule has 0 aliphatic heterocycles. The standard InChI is InChI=1S/C26H23N5O/c1-18-17-19(2)28-25(27-18)31-26(30-24(32)22-11-7-4-8-12-22)29-23-15-13-21(14-16-23)20-9-5-3-6-10-20/h3-17H,1-2H3,(H2,27,28,29,30,31,32). The van der Waals surface area contributed by atoms with Crippen molar-refractivity contribution < 1.29 is 4.79 Å². The van der Waals surface area contributed by atoms with Gasteiger partial charge < -0.3 is 5.32 Å². The predicted molar refractivity (Wildman–Crippen MR) is 128 cm³/mol. The maximum Gasteiger partial charge on any atom is 0.257 e. The molecule has 0 saturated heterocycles. The molecule has 0 aliphatic carbocycles. The van der Waals surface area contributed by atoms with Gasteiger partial charge in [0.2, 0.25) is 5.96 Å². The van der Waals surface area contributed by atoms with E-state index in [2.05, 4.69) is 37.7 Å². The second-order valence-electron chi connectivity index (χ2n) is 7.30. The Morgan fingerprint density at radius 1 is 0.750 bits per heavy atom. The normalized spacial score (nSPS) is 11.1. The van der Waals surface area contributed by atoms with E-state index in [1.54, 1.807) is 12.1 Å². The first-order chi connectivity index (χ1) is 15.6. The molecule has 4 aromatic rings. The van der Waals surface area contributed by atoms with Gasteiger partial charge in [-0.15, -0.1) is 0 Å². The van der Waals surface area contributed by atoms with E-state index in [-0.39, 0.29) is 17.8 Å². The minimum Gasteiger partial charge on any atom is -0.326 e. The quantitative estimate of drug-likeness (QED) is 0.347. The van der Waals surface area contributed by atoms with E-state index in [9.17, 15) is 4.79 Å². The topological polar surface area (TPSA) is 79.3 Å². The molecule has 0 spiro atoms. The average molecular weight is 422 g/mol. The molecule has 6 nitrogen and oxygen atoms in total. The number of carbonyl (C=O) groups excluding carboxylic acids is 1. The monoisotopic (exact) mass is 421 g/mol. The van der Waals surface area contributed by atoms with Crippen molar-refractivity contribution in [2.24, 2.45) is 4.99 Å². The summed E-state index contributed by atoms with van der Waals surface area (Å²) in [6, 6.07) is 28.9. The van der Waals surface area contributed by atoms with Gasteiger partial charge in [-0.05, 0) is 55.3 Å². The number of aromatic nitrogens is 2. The van der Waals surface area contributed by atoms with E-state index in [0.717, 1.165) is 28.2 Å². The summed E-state index contributed by atoms with van der Waals surface area (Å²) in [5.74, 6) is 0.248. The van der Waals surface area contributed by atoms with Crippen molar-refractivity contribution in [3.8, 4) is 11.1 Å². The lowest BCUT2D eigenvalue weighted by Gasteiger charge is -2.12. The summed E-state index contributed by atoms with van der Waals surface area (Å²) in [6.45, 7) is 3.76. The zero-order valence-corrected chi connectivity index (χ0v) is 17.9. The van der Waals surface area contributed by atoms with Crippen LogP contribution in [0.4, 0.5) is 11.6 Å². The Bertz CT molecular complexity index is 1220. The smallest absolute Gasteiger partial charge is 0.257 e. The number of aryl methyl sites for hydroxylation is 2. The van der Waals surface area contributed by atoms with Crippen molar-refractivity contribution in [1.82, 2.24) is 15.3 Å². The molecule has 158 valence electrons. The molecule has 4 rings (SSSR count). The first-order valence-electron chi connectivity index (χ1n) is 10.3. The van der Waals surface area contributed by atoms with Crippen LogP contribution in [0.3, 0.4) is 0 Å². The van der Waals surface area contributed by atoms with Crippen LogP contribution in [0.5, 0.6) is 0 Å². The minimum atomic E-state index is -0.276. The van der Waals surface area contributed by atoms with E-state index in [0.29, 0.717) is 5.56 Å². The summed E-state index contributed by atoms with van der Waals surface area (Å²) in [4.78, 5) is 25.9. The van der Waals surface area contributed by atoms with Crippen molar-refractivity contribution >= 4 is 23.5 Å². The molecule has 0 radical (unpaired) electrons. The fourth-order valence-electron chi connectivity index (χ4n) is 3.23. The molecular weight excluding hydrogens is 398 g/mol. The van der Waals surface area contributed by atoms with Crippen molar-refractivity contribution in [3.05, 3.63) is 108 Å². The van der Waals surface area contributed by atoms with Crippen LogP contribution in [0.25, 0.3) is 11.1 Å². The molecule has 0 unspecified atom stereocenters. The Morgan fingerprint density at radius 3 is 1.94 bits per heavy atom. The Balaban J connectivity index is 1.61. The molecule has 1 aromatic heterocycles. The van der Waals surface area contributed by atoms with Crippen LogP contribution in [0.1, 0.15) is 21.7 Å². The number of benzene rings is 3. The van der Waals surface area contributed by atoms with Crippen LogP contribution in [-0.2, 0) is 0 Å². The summed E-state index contributed by atoms with van der Waals surface area (Å²) in [5, 5.41) is 6.02. The van der Waals surface area contributed by atoms with Crippen molar-refractivity contribution in [3.63, 3.8) is 0 Å². The third-order valence-corrected chi connectivity index (χ3v) is 4.70. The highest BCUT2D eigenvalue weighted by molar-refractivity contribution is 6.10. The molecule has 32 heavy (non-hydrogen) atoms. The lowest BCUT2D eigenvalue weighted by Crippen LogP contribution is -2.35. The Labute approximate surface area is 187 Å². The fourth-order valence-corrected chi connectivity index (χ4v) is 3.23. The number of rotatable bonds is 4. The van der Waals surface area contributed by atoms with Gasteiger partial charge in [-0.3, -0.25) is 10.1 Å². The maximum atomic E-state index is 12.7. The highest BCUT2D eigenvalue weighted by Crippen LogP contribution is 2.21. The Kier molecular flexibility index (Phi) is 6.32. The first-order valence-corrected chi connectivity index (χ1v) is 10.3. The third-order valence-electron chi connectivity index (χ3n) is 4.70. The molecule has 0 atom stereocenters. The molecule has 1 heterocycles. The summed E-state index contributed by atoms with van der Waals surface area (Å²) >= 11 is 0. The van der Waals surface area contributed by atoms with E-state index < -0.39 is 0 Å². The number of amides is 1. The molecule has 2 N–H and O–H groups in total. The predicted octanol–water partition coefficient (Wildman–Crippen LogP) is 5.29. The Morgan fingerprint density at radius 2 is 1.31 bits per heavy atom. The lowest BCUT2D eigenvalue weighted by atomic mass is 10.1. The van der Waals surface area contributed by atoms with Gasteiger partial charge in [0.05, 0.1) is 0 Å². The highest BCUT2D eigenvalue weighted by atomic mass is 16.1. The largest absolute Gasteiger partial charge is 0.326 e. The molecule has 3 aromatic carbocycles. The van der Waals surface area contributed by atoms with Crippen LogP contribution in [0.2, 0.25) is 0 Å². The molecule has 6 heteroatoms. The SMILES string of the molecule is Cc1cc(C)nc(/N=C(\NC(=O)c2ccccc2)Nc2ccc(-c3ccccc3)cc2)n1. The number of carbonyl (C=O) groups is 1. The molecule has 1 amide bonds. The lowest BCUT2D eigenvalue weighted by molar-refractivity contribution is 0.0977. The van der Waals surface area contributed by atoms with Gasteiger partial charge in [0.1, 0.15) is 0 Å². The van der Waals surface area contributed by atoms with Crippen LogP contribution >= 0.6 is 0 Å². The third kappa shape index (κ3) is 5.43. The second-order valence-corrected chi connectivity index (χ2v) is 7.30.